The molecule has 0 amide bonds. The molecular weight excluding hydrogens is 456 g/mol. The highest BCUT2D eigenvalue weighted by atomic mass is 32.1. The van der Waals surface area contributed by atoms with Gasteiger partial charge in [-0.1, -0.05) is 44.2 Å². The number of aromatic nitrogens is 6. The molecule has 33 heavy (non-hydrogen) atoms. The fourth-order valence-electron chi connectivity index (χ4n) is 3.99. The second-order valence-electron chi connectivity index (χ2n) is 8.18. The van der Waals surface area contributed by atoms with E-state index in [2.05, 4.69) is 32.5 Å². The normalized spacial score (nSPS) is 11.4. The van der Waals surface area contributed by atoms with Crippen molar-refractivity contribution in [3.05, 3.63) is 77.4 Å². The molecule has 0 saturated carbocycles. The second kappa shape index (κ2) is 11.9. The molecule has 0 unspecified atom stereocenters. The standard InChI is InChI=1S/C23H30N6O2S2/c30-22-26-24-20(16-18-10-8-14-32-18)28(22)12-6-4-2-1-3-5-7-13-29-21(25-27-23(29)31)17-19-11-9-15-33-19/h8-11,14-15H,1-7,12-13,16-17H2,(H,26,30)(H,27,31). The van der Waals surface area contributed by atoms with Gasteiger partial charge in [0.1, 0.15) is 11.6 Å². The van der Waals surface area contributed by atoms with Gasteiger partial charge in [-0.2, -0.15) is 10.2 Å². The number of H-pyrrole nitrogens is 2. The molecule has 2 N–H and O–H groups in total. The minimum atomic E-state index is -0.116. The quantitative estimate of drug-likeness (QED) is 0.261. The topological polar surface area (TPSA) is 101 Å². The summed E-state index contributed by atoms with van der Waals surface area (Å²) in [5.41, 5.74) is -0.232. The highest BCUT2D eigenvalue weighted by Crippen LogP contribution is 2.15. The Morgan fingerprint density at radius 3 is 1.48 bits per heavy atom. The maximum absolute atomic E-state index is 12.1. The Bertz CT molecular complexity index is 1110. The minimum absolute atomic E-state index is 0.116. The maximum Gasteiger partial charge on any atom is 0.343 e. The fourth-order valence-corrected chi connectivity index (χ4v) is 5.40. The molecule has 0 atom stereocenters. The van der Waals surface area contributed by atoms with Crippen molar-refractivity contribution in [2.45, 2.75) is 70.9 Å². The monoisotopic (exact) mass is 486 g/mol. The summed E-state index contributed by atoms with van der Waals surface area (Å²) in [6, 6.07) is 8.18. The Morgan fingerprint density at radius 1 is 0.667 bits per heavy atom. The van der Waals surface area contributed by atoms with Crippen LogP contribution in [0.5, 0.6) is 0 Å². The molecule has 0 aliphatic carbocycles. The zero-order valence-corrected chi connectivity index (χ0v) is 20.3. The number of thiophene rings is 2. The third-order valence-electron chi connectivity index (χ3n) is 5.76. The van der Waals surface area contributed by atoms with Gasteiger partial charge in [0.2, 0.25) is 0 Å². The van der Waals surface area contributed by atoms with Crippen LogP contribution in [0.3, 0.4) is 0 Å². The molecule has 0 spiro atoms. The van der Waals surface area contributed by atoms with Gasteiger partial charge in [0, 0.05) is 35.7 Å². The second-order valence-corrected chi connectivity index (χ2v) is 10.2. The van der Waals surface area contributed by atoms with E-state index in [0.717, 1.165) is 50.2 Å². The first-order valence-electron chi connectivity index (χ1n) is 11.5. The molecule has 0 aliphatic heterocycles. The first-order valence-corrected chi connectivity index (χ1v) is 13.3. The van der Waals surface area contributed by atoms with Gasteiger partial charge in [0.25, 0.3) is 0 Å². The summed E-state index contributed by atoms with van der Waals surface area (Å²) in [6.07, 6.45) is 9.04. The molecule has 0 aromatic carbocycles. The van der Waals surface area contributed by atoms with Crippen LogP contribution in [0.2, 0.25) is 0 Å². The van der Waals surface area contributed by atoms with Crippen LogP contribution in [-0.2, 0) is 25.9 Å². The first-order chi connectivity index (χ1) is 16.2. The molecule has 0 aliphatic rings. The van der Waals surface area contributed by atoms with Crippen LogP contribution in [0, 0.1) is 0 Å². The lowest BCUT2D eigenvalue weighted by Gasteiger charge is -2.06. The van der Waals surface area contributed by atoms with E-state index in [4.69, 9.17) is 0 Å². The van der Waals surface area contributed by atoms with Crippen LogP contribution in [0.15, 0.2) is 44.6 Å². The summed E-state index contributed by atoms with van der Waals surface area (Å²) >= 11 is 3.37. The smallest absolute Gasteiger partial charge is 0.279 e. The van der Waals surface area contributed by atoms with Gasteiger partial charge in [0.15, 0.2) is 0 Å². The van der Waals surface area contributed by atoms with Gasteiger partial charge in [-0.05, 0) is 35.7 Å². The van der Waals surface area contributed by atoms with Gasteiger partial charge < -0.3 is 0 Å². The highest BCUT2D eigenvalue weighted by Gasteiger charge is 2.10. The summed E-state index contributed by atoms with van der Waals surface area (Å²) in [6.45, 7) is 1.43. The van der Waals surface area contributed by atoms with Gasteiger partial charge in [-0.3, -0.25) is 9.13 Å². The van der Waals surface area contributed by atoms with E-state index >= 15 is 0 Å². The molecule has 8 nitrogen and oxygen atoms in total. The van der Waals surface area contributed by atoms with Crippen molar-refractivity contribution < 1.29 is 0 Å². The molecule has 0 bridgehead atoms. The molecule has 4 rings (SSSR count). The van der Waals surface area contributed by atoms with E-state index in [-0.39, 0.29) is 11.4 Å². The Morgan fingerprint density at radius 2 is 1.09 bits per heavy atom. The molecule has 4 heterocycles. The van der Waals surface area contributed by atoms with Crippen molar-refractivity contribution in [2.75, 3.05) is 0 Å². The van der Waals surface area contributed by atoms with E-state index in [1.54, 1.807) is 31.8 Å². The summed E-state index contributed by atoms with van der Waals surface area (Å²) in [5, 5.41) is 17.7. The van der Waals surface area contributed by atoms with Crippen molar-refractivity contribution in [1.29, 1.82) is 0 Å². The van der Waals surface area contributed by atoms with E-state index in [9.17, 15) is 9.59 Å². The van der Waals surface area contributed by atoms with Gasteiger partial charge in [-0.25, -0.2) is 19.8 Å². The van der Waals surface area contributed by atoms with Crippen LogP contribution >= 0.6 is 22.7 Å². The zero-order chi connectivity index (χ0) is 22.9. The Kier molecular flexibility index (Phi) is 8.48. The molecule has 0 saturated heterocycles. The number of rotatable bonds is 14. The van der Waals surface area contributed by atoms with E-state index in [0.29, 0.717) is 25.9 Å². The largest absolute Gasteiger partial charge is 0.343 e. The van der Waals surface area contributed by atoms with Crippen LogP contribution in [0.4, 0.5) is 0 Å². The fraction of sp³-hybridized carbons (Fsp3) is 0.478. The maximum atomic E-state index is 12.1. The summed E-state index contributed by atoms with van der Waals surface area (Å²) < 4.78 is 3.55. The summed E-state index contributed by atoms with van der Waals surface area (Å²) in [5.74, 6) is 1.63. The lowest BCUT2D eigenvalue weighted by atomic mass is 10.1. The highest BCUT2D eigenvalue weighted by molar-refractivity contribution is 7.10. The summed E-state index contributed by atoms with van der Waals surface area (Å²) in [7, 11) is 0. The predicted octanol–water partition coefficient (Wildman–Crippen LogP) is 4.19. The molecular formula is C23H30N6O2S2. The van der Waals surface area contributed by atoms with Crippen LogP contribution in [0.1, 0.15) is 66.3 Å². The van der Waals surface area contributed by atoms with Crippen LogP contribution in [0.25, 0.3) is 0 Å². The van der Waals surface area contributed by atoms with Crippen LogP contribution in [-0.4, -0.2) is 29.5 Å². The molecule has 4 aromatic heterocycles. The zero-order valence-electron chi connectivity index (χ0n) is 18.7. The minimum Gasteiger partial charge on any atom is -0.279 e. The first kappa shape index (κ1) is 23.4. The molecule has 176 valence electrons. The number of hydrogen-bond donors (Lipinski definition) is 2. The number of nitrogens with one attached hydrogen (secondary N) is 2. The summed E-state index contributed by atoms with van der Waals surface area (Å²) in [4.78, 5) is 26.5. The average Bonchev–Trinajstić information content (AvgIpc) is 3.61. The van der Waals surface area contributed by atoms with Crippen molar-refractivity contribution in [3.63, 3.8) is 0 Å². The molecule has 10 heteroatoms. The SMILES string of the molecule is O=c1[nH]nc(Cc2cccs2)n1CCCCCCCCCn1c(Cc2cccs2)n[nH]c1=O. The van der Waals surface area contributed by atoms with Crippen molar-refractivity contribution in [1.82, 2.24) is 29.5 Å². The van der Waals surface area contributed by atoms with Gasteiger partial charge in [0.05, 0.1) is 0 Å². The Balaban J connectivity index is 1.11. The predicted molar refractivity (Wildman–Crippen MR) is 132 cm³/mol. The van der Waals surface area contributed by atoms with Crippen LogP contribution < -0.4 is 11.4 Å². The van der Waals surface area contributed by atoms with E-state index < -0.39 is 0 Å². The van der Waals surface area contributed by atoms with Gasteiger partial charge in [-0.15, -0.1) is 22.7 Å². The Labute approximate surface area is 200 Å². The number of nitrogens with zero attached hydrogens (tertiary/aromatic N) is 4. The number of unbranched alkanes of at least 4 members (excludes halogenated alkanes) is 6. The lowest BCUT2D eigenvalue weighted by molar-refractivity contribution is 0.514. The van der Waals surface area contributed by atoms with Crippen molar-refractivity contribution >= 4 is 22.7 Å². The third-order valence-corrected chi connectivity index (χ3v) is 7.52. The average molecular weight is 487 g/mol. The van der Waals surface area contributed by atoms with E-state index in [1.165, 1.54) is 16.2 Å². The Hall–Kier alpha value is -2.72. The number of hydrogen-bond acceptors (Lipinski definition) is 6. The van der Waals surface area contributed by atoms with Crippen molar-refractivity contribution in [3.8, 4) is 0 Å². The van der Waals surface area contributed by atoms with E-state index in [1.807, 2.05) is 22.9 Å². The lowest BCUT2D eigenvalue weighted by Crippen LogP contribution is -2.19. The third kappa shape index (κ3) is 6.64. The molecule has 4 aromatic rings. The van der Waals surface area contributed by atoms with Gasteiger partial charge >= 0.3 is 11.4 Å². The molecule has 0 radical (unpaired) electrons. The van der Waals surface area contributed by atoms with Crippen molar-refractivity contribution in [2.24, 2.45) is 0 Å². The molecule has 0 fully saturated rings. The number of aromatic amines is 2.